The fraction of sp³-hybridized carbons (Fsp3) is 0.308. The van der Waals surface area contributed by atoms with Crippen LogP contribution in [0.5, 0.6) is 0 Å². The predicted octanol–water partition coefficient (Wildman–Crippen LogP) is 5.00. The summed E-state index contributed by atoms with van der Waals surface area (Å²) in [6.45, 7) is 4.90. The van der Waals surface area contributed by atoms with Crippen LogP contribution >= 0.6 is 27.9 Å². The summed E-state index contributed by atoms with van der Waals surface area (Å²) in [6, 6.07) is 12.6. The van der Waals surface area contributed by atoms with Crippen LogP contribution in [-0.2, 0) is 6.54 Å². The molecule has 0 spiro atoms. The molecule has 2 aromatic carbocycles. The van der Waals surface area contributed by atoms with Gasteiger partial charge in [-0.25, -0.2) is 4.98 Å². The molecule has 4 aromatic rings. The van der Waals surface area contributed by atoms with Gasteiger partial charge in [0.2, 0.25) is 5.95 Å². The molecule has 1 aliphatic heterocycles. The Morgan fingerprint density at radius 3 is 2.68 bits per heavy atom. The first-order chi connectivity index (χ1) is 18.0. The highest BCUT2D eigenvalue weighted by atomic mass is 79.9. The van der Waals surface area contributed by atoms with Crippen molar-refractivity contribution in [3.63, 3.8) is 0 Å². The van der Waals surface area contributed by atoms with E-state index in [0.29, 0.717) is 18.3 Å². The van der Waals surface area contributed by atoms with E-state index in [1.165, 1.54) is 11.3 Å². The molecule has 0 amide bonds. The Bertz CT molecular complexity index is 1380. The zero-order valence-electron chi connectivity index (χ0n) is 21.1. The van der Waals surface area contributed by atoms with E-state index in [0.717, 1.165) is 53.1 Å². The molecular formula is C26H30BrN9S. The summed E-state index contributed by atoms with van der Waals surface area (Å²) in [5.41, 5.74) is 5.94. The molecule has 37 heavy (non-hydrogen) atoms. The number of likely N-dealkylation sites (N-methyl/N-ethyl adjacent to an activating group) is 1. The molecule has 0 atom stereocenters. The minimum absolute atomic E-state index is 0.552. The third kappa shape index (κ3) is 5.89. The number of anilines is 5. The van der Waals surface area contributed by atoms with E-state index in [4.69, 9.17) is 4.98 Å². The van der Waals surface area contributed by atoms with Gasteiger partial charge in [0, 0.05) is 70.3 Å². The molecule has 0 bridgehead atoms. The molecule has 0 unspecified atom stereocenters. The second kappa shape index (κ2) is 11.5. The maximum absolute atomic E-state index is 4.75. The third-order valence-electron chi connectivity index (χ3n) is 6.43. The lowest BCUT2D eigenvalue weighted by atomic mass is 10.1. The van der Waals surface area contributed by atoms with Crippen molar-refractivity contribution in [3.8, 4) is 0 Å². The maximum atomic E-state index is 4.75. The highest BCUT2D eigenvalue weighted by Crippen LogP contribution is 2.37. The van der Waals surface area contributed by atoms with Crippen LogP contribution in [0.3, 0.4) is 0 Å². The number of piperazine rings is 1. The minimum atomic E-state index is 0.552. The number of halogens is 1. The standard InChI is InChI=1S/C26H30BrN9S/c1-34-11-13-36(14-12-34)19-6-4-5-18(15-19)16-30-26-31-17-20(27)25(33-26)32-22-8-7-21-23(29-10-9-28-21)24(22)35(2)37-3/h4-10,15,17H,11-14,16H2,1-3H3,(H2,30,31,32,33). The first kappa shape index (κ1) is 25.5. The lowest BCUT2D eigenvalue weighted by molar-refractivity contribution is 0.313. The molecule has 11 heteroatoms. The Hall–Kier alpha value is -3.15. The average Bonchev–Trinajstić information content (AvgIpc) is 2.93. The van der Waals surface area contributed by atoms with Crippen molar-refractivity contribution >= 4 is 67.7 Å². The zero-order chi connectivity index (χ0) is 25.8. The van der Waals surface area contributed by atoms with Gasteiger partial charge in [-0.05, 0) is 52.8 Å². The van der Waals surface area contributed by atoms with Crippen LogP contribution in [0.4, 0.5) is 28.8 Å². The molecule has 1 aliphatic rings. The number of aromatic nitrogens is 4. The number of nitrogens with one attached hydrogen (secondary N) is 2. The first-order valence-corrected chi connectivity index (χ1v) is 14.1. The van der Waals surface area contributed by atoms with Gasteiger partial charge in [-0.3, -0.25) is 9.97 Å². The van der Waals surface area contributed by atoms with Gasteiger partial charge < -0.3 is 24.7 Å². The molecule has 0 radical (unpaired) electrons. The van der Waals surface area contributed by atoms with Crippen molar-refractivity contribution in [3.05, 3.63) is 65.0 Å². The monoisotopic (exact) mass is 579 g/mol. The average molecular weight is 581 g/mol. The lowest BCUT2D eigenvalue weighted by Gasteiger charge is -2.34. The molecule has 1 saturated heterocycles. The number of nitrogens with zero attached hydrogens (tertiary/aromatic N) is 7. The summed E-state index contributed by atoms with van der Waals surface area (Å²) in [4.78, 5) is 23.1. The lowest BCUT2D eigenvalue weighted by Crippen LogP contribution is -2.44. The van der Waals surface area contributed by atoms with Gasteiger partial charge in [0.05, 0.1) is 21.4 Å². The Balaban J connectivity index is 1.34. The molecule has 3 heterocycles. The summed E-state index contributed by atoms with van der Waals surface area (Å²) in [5, 5.41) is 6.85. The number of hydrogen-bond donors (Lipinski definition) is 2. The summed E-state index contributed by atoms with van der Waals surface area (Å²) in [6.07, 6.45) is 7.21. The van der Waals surface area contributed by atoms with E-state index in [1.54, 1.807) is 30.5 Å². The van der Waals surface area contributed by atoms with Crippen LogP contribution in [-0.4, -0.2) is 71.4 Å². The molecule has 9 nitrogen and oxygen atoms in total. The van der Waals surface area contributed by atoms with E-state index >= 15 is 0 Å². The van der Waals surface area contributed by atoms with Crippen molar-refractivity contribution in [1.29, 1.82) is 0 Å². The fourth-order valence-electron chi connectivity index (χ4n) is 4.31. The van der Waals surface area contributed by atoms with Crippen molar-refractivity contribution < 1.29 is 0 Å². The first-order valence-electron chi connectivity index (χ1n) is 12.1. The molecule has 1 fully saturated rings. The second-order valence-electron chi connectivity index (χ2n) is 8.89. The summed E-state index contributed by atoms with van der Waals surface area (Å²) in [5.74, 6) is 1.22. The topological polar surface area (TPSA) is 85.3 Å². The van der Waals surface area contributed by atoms with Crippen LogP contribution in [0.25, 0.3) is 11.0 Å². The molecule has 5 rings (SSSR count). The highest BCUT2D eigenvalue weighted by Gasteiger charge is 2.17. The van der Waals surface area contributed by atoms with E-state index < -0.39 is 0 Å². The molecule has 0 saturated carbocycles. The zero-order valence-corrected chi connectivity index (χ0v) is 23.6. The second-order valence-corrected chi connectivity index (χ2v) is 10.7. The summed E-state index contributed by atoms with van der Waals surface area (Å²) in [7, 11) is 4.19. The quantitative estimate of drug-likeness (QED) is 0.278. The fourth-order valence-corrected chi connectivity index (χ4v) is 4.97. The predicted molar refractivity (Wildman–Crippen MR) is 158 cm³/mol. The normalized spacial score (nSPS) is 14.1. The summed E-state index contributed by atoms with van der Waals surface area (Å²) < 4.78 is 2.84. The van der Waals surface area contributed by atoms with Crippen LogP contribution < -0.4 is 19.8 Å². The number of benzene rings is 2. The smallest absolute Gasteiger partial charge is 0.224 e. The molecule has 2 aromatic heterocycles. The molecular weight excluding hydrogens is 550 g/mol. The minimum Gasteiger partial charge on any atom is -0.369 e. The molecule has 0 aliphatic carbocycles. The van der Waals surface area contributed by atoms with Gasteiger partial charge in [-0.1, -0.05) is 24.1 Å². The third-order valence-corrected chi connectivity index (χ3v) is 7.74. The Morgan fingerprint density at radius 2 is 1.86 bits per heavy atom. The summed E-state index contributed by atoms with van der Waals surface area (Å²) >= 11 is 5.20. The van der Waals surface area contributed by atoms with Crippen molar-refractivity contribution in [2.75, 3.05) is 66.4 Å². The maximum Gasteiger partial charge on any atom is 0.224 e. The van der Waals surface area contributed by atoms with Gasteiger partial charge in [0.1, 0.15) is 11.3 Å². The van der Waals surface area contributed by atoms with E-state index in [1.807, 2.05) is 25.4 Å². The Labute approximate surface area is 230 Å². The van der Waals surface area contributed by atoms with Gasteiger partial charge in [0.15, 0.2) is 0 Å². The van der Waals surface area contributed by atoms with E-state index in [2.05, 4.69) is 86.9 Å². The van der Waals surface area contributed by atoms with E-state index in [-0.39, 0.29) is 0 Å². The SMILES string of the molecule is CSN(C)c1c(Nc2nc(NCc3cccc(N4CCN(C)CC4)c3)ncc2Br)ccc2nccnc12. The highest BCUT2D eigenvalue weighted by molar-refractivity contribution is 9.10. The molecule has 2 N–H and O–H groups in total. The van der Waals surface area contributed by atoms with Crippen molar-refractivity contribution in [2.45, 2.75) is 6.54 Å². The van der Waals surface area contributed by atoms with Crippen LogP contribution in [0.1, 0.15) is 5.56 Å². The number of hydrogen-bond acceptors (Lipinski definition) is 10. The van der Waals surface area contributed by atoms with Gasteiger partial charge in [0.25, 0.3) is 0 Å². The van der Waals surface area contributed by atoms with Crippen LogP contribution in [0.2, 0.25) is 0 Å². The Morgan fingerprint density at radius 1 is 1.05 bits per heavy atom. The molecule has 192 valence electrons. The van der Waals surface area contributed by atoms with Gasteiger partial charge in [-0.2, -0.15) is 4.98 Å². The van der Waals surface area contributed by atoms with Gasteiger partial charge in [-0.15, -0.1) is 0 Å². The number of rotatable bonds is 8. The largest absolute Gasteiger partial charge is 0.369 e. The Kier molecular flexibility index (Phi) is 7.92. The van der Waals surface area contributed by atoms with Crippen LogP contribution in [0, 0.1) is 0 Å². The van der Waals surface area contributed by atoms with E-state index in [9.17, 15) is 0 Å². The number of fused-ring (bicyclic) bond motifs is 1. The van der Waals surface area contributed by atoms with Gasteiger partial charge >= 0.3 is 0 Å². The van der Waals surface area contributed by atoms with Crippen molar-refractivity contribution in [2.24, 2.45) is 0 Å². The van der Waals surface area contributed by atoms with Crippen molar-refractivity contribution in [1.82, 2.24) is 24.8 Å². The van der Waals surface area contributed by atoms with Crippen LogP contribution in [0.15, 0.2) is 59.5 Å².